The highest BCUT2D eigenvalue weighted by Gasteiger charge is 1.92. The van der Waals surface area contributed by atoms with Crippen molar-refractivity contribution >= 4 is 11.6 Å². The lowest BCUT2D eigenvalue weighted by Crippen LogP contribution is -2.21. The van der Waals surface area contributed by atoms with E-state index in [2.05, 4.69) is 4.99 Å². The Kier molecular flexibility index (Phi) is 5.24. The molecule has 0 atom stereocenters. The fourth-order valence-corrected chi connectivity index (χ4v) is 0.828. The zero-order chi connectivity index (χ0) is 11.8. The molecule has 0 fully saturated rings. The van der Waals surface area contributed by atoms with E-state index >= 15 is 0 Å². The summed E-state index contributed by atoms with van der Waals surface area (Å²) in [5.41, 5.74) is 12.3. The highest BCUT2D eigenvalue weighted by Crippen LogP contribution is 2.15. The van der Waals surface area contributed by atoms with Gasteiger partial charge >= 0.3 is 0 Å². The summed E-state index contributed by atoms with van der Waals surface area (Å²) < 4.78 is 0. The summed E-state index contributed by atoms with van der Waals surface area (Å²) in [4.78, 5) is 12.3. The number of aryl methyl sites for hydroxylation is 1. The van der Waals surface area contributed by atoms with Gasteiger partial charge in [0.05, 0.1) is 5.69 Å². The van der Waals surface area contributed by atoms with Crippen LogP contribution in [0.5, 0.6) is 0 Å². The van der Waals surface area contributed by atoms with Gasteiger partial charge in [-0.05, 0) is 18.6 Å². The van der Waals surface area contributed by atoms with E-state index < -0.39 is 5.09 Å². The van der Waals surface area contributed by atoms with Crippen LogP contribution < -0.4 is 11.5 Å². The molecule has 0 spiro atoms. The average molecular weight is 212 g/mol. The third-order valence-electron chi connectivity index (χ3n) is 1.37. The lowest BCUT2D eigenvalue weighted by molar-refractivity contribution is -0.742. The molecule has 0 amide bonds. The Hall–Kier alpha value is -2.31. The van der Waals surface area contributed by atoms with E-state index in [4.69, 9.17) is 26.8 Å². The van der Waals surface area contributed by atoms with Crippen LogP contribution in [0.1, 0.15) is 5.56 Å². The minimum Gasteiger partial charge on any atom is -0.370 e. The van der Waals surface area contributed by atoms with Gasteiger partial charge in [-0.25, -0.2) is 4.99 Å². The largest absolute Gasteiger partial charge is 0.370 e. The van der Waals surface area contributed by atoms with E-state index in [-0.39, 0.29) is 5.96 Å². The molecule has 15 heavy (non-hydrogen) atoms. The fraction of sp³-hybridized carbons (Fsp3) is 0.125. The molecule has 0 aliphatic carbocycles. The van der Waals surface area contributed by atoms with Crippen LogP contribution in [0.3, 0.4) is 0 Å². The molecular weight excluding hydrogens is 200 g/mol. The summed E-state index contributed by atoms with van der Waals surface area (Å²) in [7, 11) is 0. The second kappa shape index (κ2) is 6.19. The lowest BCUT2D eigenvalue weighted by atomic mass is 10.2. The second-order valence-electron chi connectivity index (χ2n) is 2.56. The van der Waals surface area contributed by atoms with E-state index in [1.54, 1.807) is 0 Å². The van der Waals surface area contributed by atoms with E-state index in [9.17, 15) is 0 Å². The van der Waals surface area contributed by atoms with Crippen molar-refractivity contribution in [2.24, 2.45) is 16.5 Å². The fourth-order valence-electron chi connectivity index (χ4n) is 0.828. The number of aliphatic imine (C=N–C) groups is 1. The molecule has 1 aromatic rings. The molecule has 0 saturated carbocycles. The van der Waals surface area contributed by atoms with Gasteiger partial charge in [0, 0.05) is 0 Å². The van der Waals surface area contributed by atoms with E-state index in [0.717, 1.165) is 11.3 Å². The van der Waals surface area contributed by atoms with Crippen molar-refractivity contribution in [1.82, 2.24) is 0 Å². The number of hydrogen-bond acceptors (Lipinski definition) is 3. The maximum atomic E-state index is 8.36. The zero-order valence-electron chi connectivity index (χ0n) is 8.12. The van der Waals surface area contributed by atoms with Gasteiger partial charge in [0.1, 0.15) is 0 Å². The van der Waals surface area contributed by atoms with E-state index in [1.807, 2.05) is 31.2 Å². The van der Waals surface area contributed by atoms with Crippen molar-refractivity contribution in [3.05, 3.63) is 39.9 Å². The highest BCUT2D eigenvalue weighted by atomic mass is 16.9. The number of para-hydroxylation sites is 1. The number of nitrogens with two attached hydrogens (primary N) is 2. The summed E-state index contributed by atoms with van der Waals surface area (Å²) in [6.07, 6.45) is 0. The van der Waals surface area contributed by atoms with Gasteiger partial charge in [0.15, 0.2) is 5.96 Å². The summed E-state index contributed by atoms with van der Waals surface area (Å²) in [6.45, 7) is 1.96. The number of rotatable bonds is 1. The number of guanidine groups is 1. The summed E-state index contributed by atoms with van der Waals surface area (Å²) >= 11 is 0. The Bertz CT molecular complexity index is 357. The van der Waals surface area contributed by atoms with Gasteiger partial charge in [0.25, 0.3) is 5.09 Å². The van der Waals surface area contributed by atoms with Gasteiger partial charge in [-0.2, -0.15) is 0 Å². The average Bonchev–Trinajstić information content (AvgIpc) is 2.07. The molecule has 82 valence electrons. The minimum absolute atomic E-state index is 0.0966. The third-order valence-corrected chi connectivity index (χ3v) is 1.37. The van der Waals surface area contributed by atoms with Crippen LogP contribution in [0, 0.1) is 17.0 Å². The summed E-state index contributed by atoms with van der Waals surface area (Å²) in [5.74, 6) is 0.0966. The first-order valence-corrected chi connectivity index (χ1v) is 3.92. The Morgan fingerprint density at radius 3 is 2.33 bits per heavy atom. The Morgan fingerprint density at radius 2 is 1.93 bits per heavy atom. The van der Waals surface area contributed by atoms with E-state index in [0.29, 0.717) is 0 Å². The van der Waals surface area contributed by atoms with Crippen molar-refractivity contribution < 1.29 is 10.3 Å². The maximum Gasteiger partial charge on any atom is 0.291 e. The van der Waals surface area contributed by atoms with Crippen LogP contribution in [-0.4, -0.2) is 16.3 Å². The number of hydrogen-bond donors (Lipinski definition) is 3. The van der Waals surface area contributed by atoms with Gasteiger partial charge in [-0.1, -0.05) is 18.2 Å². The predicted molar refractivity (Wildman–Crippen MR) is 55.4 cm³/mol. The quantitative estimate of drug-likeness (QED) is 0.271. The molecule has 0 radical (unpaired) electrons. The SMILES string of the molecule is Cc1ccccc1N=C(N)N.O=[N+]([O-])O. The van der Waals surface area contributed by atoms with Crippen LogP contribution in [0.15, 0.2) is 29.3 Å². The normalized spacial score (nSPS) is 8.33. The topological polar surface area (TPSA) is 128 Å². The molecule has 7 heteroatoms. The molecule has 1 rings (SSSR count). The van der Waals surface area contributed by atoms with Crippen LogP contribution in [0.2, 0.25) is 0 Å². The molecule has 0 aromatic heterocycles. The molecule has 7 nitrogen and oxygen atoms in total. The van der Waals surface area contributed by atoms with Crippen molar-refractivity contribution in [1.29, 1.82) is 0 Å². The molecular formula is C8H12N4O3. The van der Waals surface area contributed by atoms with Gasteiger partial charge < -0.3 is 16.7 Å². The van der Waals surface area contributed by atoms with E-state index in [1.165, 1.54) is 0 Å². The number of benzene rings is 1. The van der Waals surface area contributed by atoms with Gasteiger partial charge in [0.2, 0.25) is 0 Å². The van der Waals surface area contributed by atoms with Gasteiger partial charge in [-0.3, -0.25) is 0 Å². The predicted octanol–water partition coefficient (Wildman–Crippen LogP) is 0.552. The lowest BCUT2D eigenvalue weighted by Gasteiger charge is -1.97. The Morgan fingerprint density at radius 1 is 1.47 bits per heavy atom. The van der Waals surface area contributed by atoms with Crippen LogP contribution >= 0.6 is 0 Å². The monoisotopic (exact) mass is 212 g/mol. The van der Waals surface area contributed by atoms with Crippen LogP contribution in [0.25, 0.3) is 0 Å². The Balaban J connectivity index is 0.000000423. The van der Waals surface area contributed by atoms with Crippen molar-refractivity contribution in [2.75, 3.05) is 0 Å². The molecule has 1 aromatic carbocycles. The molecule has 0 saturated heterocycles. The molecule has 0 bridgehead atoms. The van der Waals surface area contributed by atoms with Crippen molar-refractivity contribution in [2.45, 2.75) is 6.92 Å². The third kappa shape index (κ3) is 6.82. The number of nitrogens with zero attached hydrogens (tertiary/aromatic N) is 2. The smallest absolute Gasteiger partial charge is 0.291 e. The maximum absolute atomic E-state index is 8.36. The molecule has 0 aliphatic rings. The summed E-state index contributed by atoms with van der Waals surface area (Å²) in [6, 6.07) is 7.67. The minimum atomic E-state index is -1.50. The van der Waals surface area contributed by atoms with Crippen LogP contribution in [-0.2, 0) is 0 Å². The summed E-state index contributed by atoms with van der Waals surface area (Å²) in [5, 5.41) is 13.6. The molecule has 0 heterocycles. The molecule has 0 aliphatic heterocycles. The first-order chi connectivity index (χ1) is 6.93. The molecule has 0 unspecified atom stereocenters. The second-order valence-corrected chi connectivity index (χ2v) is 2.56. The van der Waals surface area contributed by atoms with Crippen LogP contribution in [0.4, 0.5) is 5.69 Å². The standard InChI is InChI=1S/C8H11N3.HNO3/c1-6-4-2-3-5-7(6)11-8(9)10;2-1(3)4/h2-5H,1H3,(H4,9,10,11);(H,2,3,4). The highest BCUT2D eigenvalue weighted by molar-refractivity contribution is 5.79. The molecule has 5 N–H and O–H groups in total. The zero-order valence-corrected chi connectivity index (χ0v) is 8.12. The van der Waals surface area contributed by atoms with Gasteiger partial charge in [-0.15, -0.1) is 10.1 Å². The van der Waals surface area contributed by atoms with Crippen molar-refractivity contribution in [3.63, 3.8) is 0 Å². The first-order valence-electron chi connectivity index (χ1n) is 3.92. The first kappa shape index (κ1) is 12.7. The Labute approximate surface area is 86.1 Å². The van der Waals surface area contributed by atoms with Crippen molar-refractivity contribution in [3.8, 4) is 0 Å².